The molecule has 6 heteroatoms. The SMILES string of the molecule is CCOC(=O)C(C)c1cn2cc(Cl)cc(C#N)c2n1. The third-order valence-corrected chi connectivity index (χ3v) is 2.95. The first-order valence-corrected chi connectivity index (χ1v) is 6.19. The van der Waals surface area contributed by atoms with Crippen molar-refractivity contribution in [3.8, 4) is 6.07 Å². The molecule has 98 valence electrons. The number of rotatable bonds is 3. The second kappa shape index (κ2) is 5.29. The van der Waals surface area contributed by atoms with Crippen LogP contribution in [0.1, 0.15) is 31.0 Å². The van der Waals surface area contributed by atoms with Crippen molar-refractivity contribution < 1.29 is 9.53 Å². The van der Waals surface area contributed by atoms with E-state index >= 15 is 0 Å². The molecule has 0 aliphatic rings. The average molecular weight is 278 g/mol. The summed E-state index contributed by atoms with van der Waals surface area (Å²) in [6.45, 7) is 3.79. The number of carbonyl (C=O) groups excluding carboxylic acids is 1. The molecule has 0 fully saturated rings. The fourth-order valence-electron chi connectivity index (χ4n) is 1.76. The van der Waals surface area contributed by atoms with Crippen molar-refractivity contribution in [2.75, 3.05) is 6.61 Å². The third kappa shape index (κ3) is 2.54. The number of nitriles is 1. The number of pyridine rings is 1. The number of hydrogen-bond donors (Lipinski definition) is 0. The van der Waals surface area contributed by atoms with Crippen LogP contribution in [-0.2, 0) is 9.53 Å². The van der Waals surface area contributed by atoms with Gasteiger partial charge in [-0.25, -0.2) is 4.98 Å². The average Bonchev–Trinajstić information content (AvgIpc) is 2.80. The van der Waals surface area contributed by atoms with Crippen LogP contribution in [0.3, 0.4) is 0 Å². The standard InChI is InChI=1S/C13H12ClN3O2/c1-3-19-13(18)8(2)11-7-17-6-10(14)4-9(5-15)12(17)16-11/h4,6-8H,3H2,1-2H3. The second-order valence-corrected chi connectivity index (χ2v) is 4.49. The molecule has 0 aliphatic carbocycles. The minimum atomic E-state index is -0.481. The van der Waals surface area contributed by atoms with E-state index in [2.05, 4.69) is 4.98 Å². The topological polar surface area (TPSA) is 67.4 Å². The number of ether oxygens (including phenoxy) is 1. The van der Waals surface area contributed by atoms with Crippen molar-refractivity contribution in [2.24, 2.45) is 0 Å². The molecule has 0 aliphatic heterocycles. The molecule has 1 atom stereocenters. The highest BCUT2D eigenvalue weighted by atomic mass is 35.5. The maximum Gasteiger partial charge on any atom is 0.314 e. The van der Waals surface area contributed by atoms with Crippen LogP contribution >= 0.6 is 11.6 Å². The Morgan fingerprint density at radius 1 is 1.63 bits per heavy atom. The number of nitrogens with zero attached hydrogens (tertiary/aromatic N) is 3. The van der Waals surface area contributed by atoms with Gasteiger partial charge in [0.25, 0.3) is 0 Å². The Morgan fingerprint density at radius 3 is 3.00 bits per heavy atom. The third-order valence-electron chi connectivity index (χ3n) is 2.74. The first-order chi connectivity index (χ1) is 9.06. The minimum Gasteiger partial charge on any atom is -0.465 e. The molecule has 0 spiro atoms. The Balaban J connectivity index is 2.47. The van der Waals surface area contributed by atoms with E-state index in [1.54, 1.807) is 36.7 Å². The van der Waals surface area contributed by atoms with Crippen molar-refractivity contribution in [1.82, 2.24) is 9.38 Å². The van der Waals surface area contributed by atoms with E-state index in [0.29, 0.717) is 28.5 Å². The van der Waals surface area contributed by atoms with Gasteiger partial charge in [0.15, 0.2) is 5.65 Å². The molecule has 2 aromatic rings. The largest absolute Gasteiger partial charge is 0.465 e. The van der Waals surface area contributed by atoms with E-state index in [9.17, 15) is 4.79 Å². The molecule has 2 heterocycles. The summed E-state index contributed by atoms with van der Waals surface area (Å²) >= 11 is 5.91. The van der Waals surface area contributed by atoms with Gasteiger partial charge in [0.05, 0.1) is 28.8 Å². The Labute approximate surface area is 115 Å². The van der Waals surface area contributed by atoms with Crippen LogP contribution in [0.25, 0.3) is 5.65 Å². The summed E-state index contributed by atoms with van der Waals surface area (Å²) in [5, 5.41) is 9.49. The summed E-state index contributed by atoms with van der Waals surface area (Å²) < 4.78 is 6.60. The van der Waals surface area contributed by atoms with E-state index in [-0.39, 0.29) is 5.97 Å². The van der Waals surface area contributed by atoms with Crippen LogP contribution in [0, 0.1) is 11.3 Å². The summed E-state index contributed by atoms with van der Waals surface area (Å²) in [7, 11) is 0. The number of hydrogen-bond acceptors (Lipinski definition) is 4. The van der Waals surface area contributed by atoms with Gasteiger partial charge in [0.2, 0.25) is 0 Å². The molecule has 0 saturated carbocycles. The molecule has 0 N–H and O–H groups in total. The first-order valence-electron chi connectivity index (χ1n) is 5.81. The highest BCUT2D eigenvalue weighted by molar-refractivity contribution is 6.30. The number of esters is 1. The van der Waals surface area contributed by atoms with Crippen LogP contribution in [0.2, 0.25) is 5.02 Å². The molecular weight excluding hydrogens is 266 g/mol. The van der Waals surface area contributed by atoms with Crippen molar-refractivity contribution in [3.05, 3.63) is 34.7 Å². The second-order valence-electron chi connectivity index (χ2n) is 4.05. The lowest BCUT2D eigenvalue weighted by molar-refractivity contribution is -0.144. The van der Waals surface area contributed by atoms with Crippen LogP contribution < -0.4 is 0 Å². The molecule has 2 aromatic heterocycles. The molecule has 0 saturated heterocycles. The van der Waals surface area contributed by atoms with Gasteiger partial charge >= 0.3 is 5.97 Å². The minimum absolute atomic E-state index is 0.325. The molecule has 1 unspecified atom stereocenters. The maximum atomic E-state index is 11.7. The Bertz CT molecular complexity index is 672. The maximum absolute atomic E-state index is 11.7. The van der Waals surface area contributed by atoms with Crippen LogP contribution in [0.15, 0.2) is 18.5 Å². The molecule has 0 bridgehead atoms. The predicted molar refractivity (Wildman–Crippen MR) is 70.0 cm³/mol. The number of carbonyl (C=O) groups is 1. The molecule has 0 amide bonds. The van der Waals surface area contributed by atoms with E-state index in [1.807, 2.05) is 6.07 Å². The molecule has 5 nitrogen and oxygen atoms in total. The van der Waals surface area contributed by atoms with Crippen molar-refractivity contribution >= 4 is 23.2 Å². The summed E-state index contributed by atoms with van der Waals surface area (Å²) in [6.07, 6.45) is 3.33. The smallest absolute Gasteiger partial charge is 0.314 e. The van der Waals surface area contributed by atoms with Crippen LogP contribution in [-0.4, -0.2) is 22.0 Å². The van der Waals surface area contributed by atoms with Gasteiger partial charge in [-0.15, -0.1) is 0 Å². The lowest BCUT2D eigenvalue weighted by atomic mass is 10.1. The zero-order valence-electron chi connectivity index (χ0n) is 10.6. The zero-order chi connectivity index (χ0) is 14.0. The van der Waals surface area contributed by atoms with Gasteiger partial charge < -0.3 is 9.14 Å². The van der Waals surface area contributed by atoms with Crippen molar-refractivity contribution in [1.29, 1.82) is 5.26 Å². The van der Waals surface area contributed by atoms with Gasteiger partial charge in [-0.1, -0.05) is 11.6 Å². The van der Waals surface area contributed by atoms with E-state index in [1.165, 1.54) is 0 Å². The summed E-state index contributed by atoms with van der Waals surface area (Å²) in [6, 6.07) is 3.58. The highest BCUT2D eigenvalue weighted by Gasteiger charge is 2.20. The molecule has 19 heavy (non-hydrogen) atoms. The lowest BCUT2D eigenvalue weighted by Crippen LogP contribution is -2.13. The van der Waals surface area contributed by atoms with E-state index in [0.717, 1.165) is 0 Å². The fraction of sp³-hybridized carbons (Fsp3) is 0.308. The summed E-state index contributed by atoms with van der Waals surface area (Å²) in [5.41, 5.74) is 1.41. The monoisotopic (exact) mass is 277 g/mol. The number of halogens is 1. The van der Waals surface area contributed by atoms with Crippen molar-refractivity contribution in [3.63, 3.8) is 0 Å². The lowest BCUT2D eigenvalue weighted by Gasteiger charge is -2.06. The Kier molecular flexibility index (Phi) is 3.72. The normalized spacial score (nSPS) is 12.1. The first kappa shape index (κ1) is 13.4. The van der Waals surface area contributed by atoms with Crippen molar-refractivity contribution in [2.45, 2.75) is 19.8 Å². The quantitative estimate of drug-likeness (QED) is 0.809. The molecule has 0 aromatic carbocycles. The van der Waals surface area contributed by atoms with Gasteiger partial charge in [0, 0.05) is 12.4 Å². The van der Waals surface area contributed by atoms with E-state index in [4.69, 9.17) is 21.6 Å². The molecule has 2 rings (SSSR count). The number of aromatic nitrogens is 2. The van der Waals surface area contributed by atoms with E-state index < -0.39 is 5.92 Å². The summed E-state index contributed by atoms with van der Waals surface area (Å²) in [4.78, 5) is 16.0. The van der Waals surface area contributed by atoms with Gasteiger partial charge in [-0.2, -0.15) is 5.26 Å². The van der Waals surface area contributed by atoms with Crippen LogP contribution in [0.4, 0.5) is 0 Å². The number of imidazole rings is 1. The van der Waals surface area contributed by atoms with Gasteiger partial charge in [0.1, 0.15) is 6.07 Å². The summed E-state index contributed by atoms with van der Waals surface area (Å²) in [5.74, 6) is -0.819. The molecule has 0 radical (unpaired) electrons. The zero-order valence-corrected chi connectivity index (χ0v) is 11.3. The van der Waals surface area contributed by atoms with Gasteiger partial charge in [-0.05, 0) is 19.9 Å². The van der Waals surface area contributed by atoms with Gasteiger partial charge in [-0.3, -0.25) is 4.79 Å². The predicted octanol–water partition coefficient (Wildman–Crippen LogP) is 2.53. The van der Waals surface area contributed by atoms with Crippen LogP contribution in [0.5, 0.6) is 0 Å². The highest BCUT2D eigenvalue weighted by Crippen LogP contribution is 2.21. The Morgan fingerprint density at radius 2 is 2.37 bits per heavy atom. The Hall–Kier alpha value is -2.06. The number of fused-ring (bicyclic) bond motifs is 1. The molecular formula is C13H12ClN3O2. The fourth-order valence-corrected chi connectivity index (χ4v) is 1.98.